The Bertz CT molecular complexity index is 1160. The second-order valence-corrected chi connectivity index (χ2v) is 10.1. The minimum Gasteiger partial charge on any atom is -0.424 e. The highest BCUT2D eigenvalue weighted by molar-refractivity contribution is 7.90. The molecule has 0 saturated heterocycles. The van der Waals surface area contributed by atoms with Crippen LogP contribution in [-0.2, 0) is 16.9 Å². The molecule has 8 heteroatoms. The predicted molar refractivity (Wildman–Crippen MR) is 118 cm³/mol. The van der Waals surface area contributed by atoms with Crippen molar-refractivity contribution < 1.29 is 13.2 Å². The Morgan fingerprint density at radius 1 is 1.14 bits per heavy atom. The van der Waals surface area contributed by atoms with E-state index >= 15 is 0 Å². The number of sulfone groups is 1. The number of hydrogen-bond donors (Lipinski definition) is 0. The molecule has 5 nitrogen and oxygen atoms in total. The average Bonchev–Trinajstić information content (AvgIpc) is 2.97. The Hall–Kier alpha value is -1.76. The molecule has 3 rings (SSSR count). The van der Waals surface area contributed by atoms with E-state index in [1.807, 2.05) is 23.7 Å². The minimum atomic E-state index is -3.37. The van der Waals surface area contributed by atoms with Crippen LogP contribution < -0.4 is 4.74 Å². The van der Waals surface area contributed by atoms with E-state index in [0.29, 0.717) is 33.8 Å². The molecule has 0 N–H and O–H groups in total. The number of rotatable bonds is 6. The van der Waals surface area contributed by atoms with E-state index in [-0.39, 0.29) is 9.92 Å². The van der Waals surface area contributed by atoms with Crippen LogP contribution in [0.3, 0.4) is 0 Å². The van der Waals surface area contributed by atoms with Gasteiger partial charge in [-0.2, -0.15) is 4.98 Å². The number of aryl methyl sites for hydroxylation is 2. The third-order valence-corrected chi connectivity index (χ3v) is 6.89. The predicted octanol–water partition coefficient (Wildman–Crippen LogP) is 6.29. The smallest absolute Gasteiger partial charge is 0.302 e. The number of benzene rings is 2. The molecule has 0 saturated carbocycles. The quantitative estimate of drug-likeness (QED) is 0.438. The highest BCUT2D eigenvalue weighted by Gasteiger charge is 2.21. The minimum absolute atomic E-state index is 0.149. The lowest BCUT2D eigenvalue weighted by Crippen LogP contribution is -2.02. The average molecular weight is 455 g/mol. The van der Waals surface area contributed by atoms with Crippen molar-refractivity contribution in [3.8, 4) is 11.8 Å². The molecule has 0 aliphatic carbocycles. The second-order valence-electron chi connectivity index (χ2n) is 7.23. The third-order valence-electron chi connectivity index (χ3n) is 5.21. The van der Waals surface area contributed by atoms with Crippen LogP contribution in [0.4, 0.5) is 0 Å². The summed E-state index contributed by atoms with van der Waals surface area (Å²) in [4.78, 5) is 4.75. The number of imidazole rings is 1. The molecule has 0 spiro atoms. The first kappa shape index (κ1) is 21.9. The van der Waals surface area contributed by atoms with Gasteiger partial charge >= 0.3 is 6.01 Å². The number of hydrogen-bond acceptors (Lipinski definition) is 4. The van der Waals surface area contributed by atoms with Crippen molar-refractivity contribution in [2.75, 3.05) is 6.26 Å². The van der Waals surface area contributed by atoms with Crippen LogP contribution in [-0.4, -0.2) is 24.2 Å². The normalized spacial score (nSPS) is 12.1. The molecule has 0 amide bonds. The van der Waals surface area contributed by atoms with Gasteiger partial charge in [0.25, 0.3) is 0 Å². The monoisotopic (exact) mass is 454 g/mol. The lowest BCUT2D eigenvalue weighted by Gasteiger charge is -2.16. The fourth-order valence-electron chi connectivity index (χ4n) is 3.58. The van der Waals surface area contributed by atoms with Crippen molar-refractivity contribution in [2.24, 2.45) is 7.05 Å². The van der Waals surface area contributed by atoms with Gasteiger partial charge in [-0.05, 0) is 55.0 Å². The lowest BCUT2D eigenvalue weighted by molar-refractivity contribution is 0.424. The van der Waals surface area contributed by atoms with Crippen LogP contribution in [0.5, 0.6) is 11.8 Å². The van der Waals surface area contributed by atoms with Crippen LogP contribution in [0, 0.1) is 6.92 Å². The van der Waals surface area contributed by atoms with Crippen molar-refractivity contribution in [3.05, 3.63) is 45.4 Å². The van der Waals surface area contributed by atoms with Crippen molar-refractivity contribution in [1.29, 1.82) is 0 Å². The Kier molecular flexibility index (Phi) is 6.18. The van der Waals surface area contributed by atoms with Crippen LogP contribution in [0.15, 0.2) is 29.2 Å². The maximum Gasteiger partial charge on any atom is 0.302 e. The van der Waals surface area contributed by atoms with Crippen LogP contribution in [0.25, 0.3) is 11.0 Å². The largest absolute Gasteiger partial charge is 0.424 e. The summed E-state index contributed by atoms with van der Waals surface area (Å²) >= 11 is 12.8. The molecular weight excluding hydrogens is 431 g/mol. The molecule has 3 aromatic rings. The molecule has 2 aromatic carbocycles. The van der Waals surface area contributed by atoms with Crippen molar-refractivity contribution in [1.82, 2.24) is 9.55 Å². The van der Waals surface area contributed by atoms with Gasteiger partial charge in [-0.15, -0.1) is 0 Å². The Labute approximate surface area is 181 Å². The molecule has 0 unspecified atom stereocenters. The molecule has 1 heterocycles. The highest BCUT2D eigenvalue weighted by atomic mass is 35.5. The summed E-state index contributed by atoms with van der Waals surface area (Å²) in [6.45, 7) is 6.07. The van der Waals surface area contributed by atoms with Gasteiger partial charge in [0.2, 0.25) is 0 Å². The fraction of sp³-hybridized carbons (Fsp3) is 0.381. The highest BCUT2D eigenvalue weighted by Crippen LogP contribution is 2.39. The zero-order valence-corrected chi connectivity index (χ0v) is 19.4. The maximum absolute atomic E-state index is 11.8. The summed E-state index contributed by atoms with van der Waals surface area (Å²) in [6, 6.07) is 7.20. The molecule has 0 bridgehead atoms. The standard InChI is InChI=1S/C21H24Cl2N2O3S/c1-6-13(7-2)15-8-9-16(22)18-19(15)25(4)21(24-18)28-20-12(3)10-14(11-17(20)23)29(5,26)27/h8-11,13H,6-7H2,1-5H3. The summed E-state index contributed by atoms with van der Waals surface area (Å²) < 4.78 is 31.6. The lowest BCUT2D eigenvalue weighted by atomic mass is 9.93. The number of fused-ring (bicyclic) bond motifs is 1. The molecule has 0 aliphatic rings. The van der Waals surface area contributed by atoms with Gasteiger partial charge in [-0.1, -0.05) is 43.1 Å². The van der Waals surface area contributed by atoms with Crippen LogP contribution in [0.2, 0.25) is 10.0 Å². The van der Waals surface area contributed by atoms with Gasteiger partial charge in [0, 0.05) is 13.3 Å². The van der Waals surface area contributed by atoms with Crippen LogP contribution >= 0.6 is 23.2 Å². The SMILES string of the molecule is CCC(CC)c1ccc(Cl)c2nc(Oc3c(C)cc(S(C)(=O)=O)cc3Cl)n(C)c12. The molecular formula is C21H24Cl2N2O3S. The van der Waals surface area contributed by atoms with E-state index in [2.05, 4.69) is 18.8 Å². The Balaban J connectivity index is 2.14. The molecule has 0 atom stereocenters. The number of halogens is 2. The fourth-order valence-corrected chi connectivity index (χ4v) is 4.87. The number of aromatic nitrogens is 2. The van der Waals surface area contributed by atoms with Crippen LogP contribution in [0.1, 0.15) is 43.7 Å². The molecule has 156 valence electrons. The topological polar surface area (TPSA) is 61.2 Å². The summed E-state index contributed by atoms with van der Waals surface area (Å²) in [7, 11) is -1.50. The van der Waals surface area contributed by atoms with E-state index < -0.39 is 9.84 Å². The summed E-state index contributed by atoms with van der Waals surface area (Å²) in [5.41, 5.74) is 3.39. The first-order chi connectivity index (χ1) is 13.6. The zero-order valence-electron chi connectivity index (χ0n) is 17.1. The van der Waals surface area contributed by atoms with Gasteiger partial charge in [-0.3, -0.25) is 4.57 Å². The van der Waals surface area contributed by atoms with Crippen molar-refractivity contribution >= 4 is 44.1 Å². The summed E-state index contributed by atoms with van der Waals surface area (Å²) in [5, 5.41) is 0.763. The van der Waals surface area contributed by atoms with Crippen molar-refractivity contribution in [3.63, 3.8) is 0 Å². The summed E-state index contributed by atoms with van der Waals surface area (Å²) in [6.07, 6.45) is 3.16. The Morgan fingerprint density at radius 2 is 1.79 bits per heavy atom. The molecule has 1 aromatic heterocycles. The molecule has 0 radical (unpaired) electrons. The van der Waals surface area contributed by atoms with Gasteiger partial charge in [0.1, 0.15) is 5.52 Å². The van der Waals surface area contributed by atoms with Gasteiger partial charge in [0.05, 0.1) is 20.5 Å². The van der Waals surface area contributed by atoms with E-state index in [4.69, 9.17) is 27.9 Å². The zero-order chi connectivity index (χ0) is 21.5. The second kappa shape index (κ2) is 8.17. The molecule has 29 heavy (non-hydrogen) atoms. The Morgan fingerprint density at radius 3 is 2.34 bits per heavy atom. The first-order valence-corrected chi connectivity index (χ1v) is 12.1. The van der Waals surface area contributed by atoms with E-state index in [1.165, 1.54) is 11.6 Å². The molecule has 0 fully saturated rings. The van der Waals surface area contributed by atoms with Gasteiger partial charge in [0.15, 0.2) is 15.6 Å². The number of ether oxygens (including phenoxy) is 1. The van der Waals surface area contributed by atoms with E-state index in [1.54, 1.807) is 13.0 Å². The van der Waals surface area contributed by atoms with Gasteiger partial charge < -0.3 is 4.74 Å². The van der Waals surface area contributed by atoms with Crippen molar-refractivity contribution in [2.45, 2.75) is 44.4 Å². The van der Waals surface area contributed by atoms with E-state index in [9.17, 15) is 8.42 Å². The summed E-state index contributed by atoms with van der Waals surface area (Å²) in [5.74, 6) is 0.759. The maximum atomic E-state index is 11.8. The van der Waals surface area contributed by atoms with E-state index in [0.717, 1.165) is 24.6 Å². The number of nitrogens with zero attached hydrogens (tertiary/aromatic N) is 2. The molecule has 0 aliphatic heterocycles. The third kappa shape index (κ3) is 4.11. The van der Waals surface area contributed by atoms with Gasteiger partial charge in [-0.25, -0.2) is 8.42 Å². The first-order valence-electron chi connectivity index (χ1n) is 9.41.